The lowest BCUT2D eigenvalue weighted by atomic mass is 10.1. The van der Waals surface area contributed by atoms with Crippen LogP contribution in [0.1, 0.15) is 22.0 Å². The van der Waals surface area contributed by atoms with Crippen LogP contribution in [-0.4, -0.2) is 12.5 Å². The second-order valence-corrected chi connectivity index (χ2v) is 4.58. The van der Waals surface area contributed by atoms with Crippen molar-refractivity contribution in [2.24, 2.45) is 0 Å². The molecule has 0 saturated carbocycles. The average molecular weight is 272 g/mol. The van der Waals surface area contributed by atoms with E-state index in [1.807, 2.05) is 24.3 Å². The van der Waals surface area contributed by atoms with Crippen LogP contribution in [-0.2, 0) is 0 Å². The highest BCUT2D eigenvalue weighted by molar-refractivity contribution is 5.99. The van der Waals surface area contributed by atoms with Crippen molar-refractivity contribution in [3.8, 4) is 5.75 Å². The van der Waals surface area contributed by atoms with E-state index in [2.05, 4.69) is 5.32 Å². The molecule has 4 nitrogen and oxygen atoms in total. The molecule has 5 heteroatoms. The second-order valence-electron chi connectivity index (χ2n) is 4.58. The topological polar surface area (TPSA) is 64.4 Å². The molecule has 102 valence electrons. The number of nitrogen functional groups attached to an aromatic ring is 1. The summed E-state index contributed by atoms with van der Waals surface area (Å²) in [7, 11) is 0. The number of hydrogen-bond donors (Lipinski definition) is 2. The number of carbonyl (C=O) groups excluding carboxylic acids is 1. The summed E-state index contributed by atoms with van der Waals surface area (Å²) in [6.07, 6.45) is 0. The third-order valence-electron chi connectivity index (χ3n) is 3.30. The predicted molar refractivity (Wildman–Crippen MR) is 73.0 cm³/mol. The van der Waals surface area contributed by atoms with E-state index in [-0.39, 0.29) is 17.3 Å². The first-order chi connectivity index (χ1) is 9.66. The molecule has 0 aliphatic carbocycles. The molecule has 2 aromatic rings. The van der Waals surface area contributed by atoms with E-state index in [4.69, 9.17) is 10.5 Å². The van der Waals surface area contributed by atoms with Crippen LogP contribution >= 0.6 is 0 Å². The molecule has 1 heterocycles. The van der Waals surface area contributed by atoms with E-state index in [9.17, 15) is 9.18 Å². The Hall–Kier alpha value is -2.56. The van der Waals surface area contributed by atoms with Crippen molar-refractivity contribution in [2.75, 3.05) is 12.3 Å². The van der Waals surface area contributed by atoms with Gasteiger partial charge in [0.05, 0.1) is 17.3 Å². The molecular weight excluding hydrogens is 259 g/mol. The third-order valence-corrected chi connectivity index (χ3v) is 3.30. The van der Waals surface area contributed by atoms with E-state index in [1.165, 1.54) is 18.2 Å². The largest absolute Gasteiger partial charge is 0.491 e. The fourth-order valence-corrected chi connectivity index (χ4v) is 2.25. The first-order valence-corrected chi connectivity index (χ1v) is 6.23. The van der Waals surface area contributed by atoms with Crippen LogP contribution in [0.2, 0.25) is 0 Å². The molecule has 0 bridgehead atoms. The van der Waals surface area contributed by atoms with E-state index >= 15 is 0 Å². The Balaban J connectivity index is 1.83. The van der Waals surface area contributed by atoms with Crippen molar-refractivity contribution < 1.29 is 13.9 Å². The van der Waals surface area contributed by atoms with E-state index < -0.39 is 11.7 Å². The van der Waals surface area contributed by atoms with Gasteiger partial charge in [0.2, 0.25) is 0 Å². The van der Waals surface area contributed by atoms with Gasteiger partial charge >= 0.3 is 0 Å². The van der Waals surface area contributed by atoms with Crippen molar-refractivity contribution in [1.82, 2.24) is 5.32 Å². The SMILES string of the molecule is Nc1c(F)cccc1C(=O)NC1COc2ccccc21. The molecule has 0 spiro atoms. The van der Waals surface area contributed by atoms with Crippen LogP contribution in [0.25, 0.3) is 0 Å². The van der Waals surface area contributed by atoms with Crippen molar-refractivity contribution in [3.63, 3.8) is 0 Å². The quantitative estimate of drug-likeness (QED) is 0.824. The molecule has 1 unspecified atom stereocenters. The van der Waals surface area contributed by atoms with Gasteiger partial charge in [-0.15, -0.1) is 0 Å². The van der Waals surface area contributed by atoms with E-state index in [0.717, 1.165) is 11.3 Å². The maximum atomic E-state index is 13.4. The first kappa shape index (κ1) is 12.5. The highest BCUT2D eigenvalue weighted by Crippen LogP contribution is 2.32. The van der Waals surface area contributed by atoms with Gasteiger partial charge in [0.15, 0.2) is 0 Å². The van der Waals surface area contributed by atoms with Gasteiger partial charge in [-0.3, -0.25) is 4.79 Å². The number of ether oxygens (including phenoxy) is 1. The summed E-state index contributed by atoms with van der Waals surface area (Å²) in [6.45, 7) is 0.361. The Bertz CT molecular complexity index is 673. The molecule has 3 N–H and O–H groups in total. The van der Waals surface area contributed by atoms with Gasteiger partial charge in [-0.05, 0) is 18.2 Å². The zero-order valence-corrected chi connectivity index (χ0v) is 10.6. The minimum Gasteiger partial charge on any atom is -0.491 e. The number of nitrogens with one attached hydrogen (secondary N) is 1. The second kappa shape index (κ2) is 4.85. The fourth-order valence-electron chi connectivity index (χ4n) is 2.25. The van der Waals surface area contributed by atoms with Crippen LogP contribution in [0.15, 0.2) is 42.5 Å². The zero-order chi connectivity index (χ0) is 14.1. The van der Waals surface area contributed by atoms with Crippen LogP contribution in [0.4, 0.5) is 10.1 Å². The molecule has 2 aromatic carbocycles. The maximum Gasteiger partial charge on any atom is 0.254 e. The molecule has 1 atom stereocenters. The van der Waals surface area contributed by atoms with Crippen molar-refractivity contribution in [3.05, 3.63) is 59.4 Å². The number of para-hydroxylation sites is 2. The Labute approximate surface area is 115 Å². The molecule has 0 aromatic heterocycles. The van der Waals surface area contributed by atoms with Gasteiger partial charge in [0, 0.05) is 5.56 Å². The molecule has 3 rings (SSSR count). The molecule has 1 aliphatic rings. The monoisotopic (exact) mass is 272 g/mol. The van der Waals surface area contributed by atoms with Gasteiger partial charge in [-0.25, -0.2) is 4.39 Å². The van der Waals surface area contributed by atoms with Gasteiger partial charge in [0.25, 0.3) is 5.91 Å². The fraction of sp³-hybridized carbons (Fsp3) is 0.133. The normalized spacial score (nSPS) is 16.4. The number of amides is 1. The third kappa shape index (κ3) is 2.07. The van der Waals surface area contributed by atoms with Crippen LogP contribution in [0.5, 0.6) is 5.75 Å². The smallest absolute Gasteiger partial charge is 0.254 e. The van der Waals surface area contributed by atoms with Gasteiger partial charge in [0.1, 0.15) is 18.2 Å². The summed E-state index contributed by atoms with van der Waals surface area (Å²) in [4.78, 5) is 12.2. The summed E-state index contributed by atoms with van der Waals surface area (Å²) < 4.78 is 18.8. The molecule has 20 heavy (non-hydrogen) atoms. The molecular formula is C15H13FN2O2. The Morgan fingerprint density at radius 2 is 2.05 bits per heavy atom. The number of fused-ring (bicyclic) bond motifs is 1. The lowest BCUT2D eigenvalue weighted by molar-refractivity contribution is 0.0931. The lowest BCUT2D eigenvalue weighted by Gasteiger charge is -2.13. The summed E-state index contributed by atoms with van der Waals surface area (Å²) in [6, 6.07) is 11.4. The van der Waals surface area contributed by atoms with Gasteiger partial charge < -0.3 is 15.8 Å². The number of halogens is 1. The number of carbonyl (C=O) groups is 1. The van der Waals surface area contributed by atoms with E-state index in [0.29, 0.717) is 6.61 Å². The maximum absolute atomic E-state index is 13.4. The lowest BCUT2D eigenvalue weighted by Crippen LogP contribution is -2.30. The Morgan fingerprint density at radius 3 is 2.90 bits per heavy atom. The Kier molecular flexibility index (Phi) is 3.02. The van der Waals surface area contributed by atoms with Crippen molar-refractivity contribution in [1.29, 1.82) is 0 Å². The average Bonchev–Trinajstić information content (AvgIpc) is 2.85. The van der Waals surface area contributed by atoms with Crippen LogP contribution < -0.4 is 15.8 Å². The standard InChI is InChI=1S/C15H13FN2O2/c16-11-6-3-5-10(14(11)17)15(19)18-12-8-20-13-7-2-1-4-9(12)13/h1-7,12H,8,17H2,(H,18,19). The summed E-state index contributed by atoms with van der Waals surface area (Å²) in [5, 5.41) is 2.81. The molecule has 0 saturated heterocycles. The number of benzene rings is 2. The van der Waals surface area contributed by atoms with Gasteiger partial charge in [-0.2, -0.15) is 0 Å². The van der Waals surface area contributed by atoms with Crippen LogP contribution in [0, 0.1) is 5.82 Å². The number of nitrogens with two attached hydrogens (primary N) is 1. The van der Waals surface area contributed by atoms with Gasteiger partial charge in [-0.1, -0.05) is 24.3 Å². The van der Waals surface area contributed by atoms with Crippen LogP contribution in [0.3, 0.4) is 0 Å². The number of hydrogen-bond acceptors (Lipinski definition) is 3. The molecule has 0 radical (unpaired) electrons. The highest BCUT2D eigenvalue weighted by Gasteiger charge is 2.26. The molecule has 1 amide bonds. The summed E-state index contributed by atoms with van der Waals surface area (Å²) >= 11 is 0. The number of anilines is 1. The number of rotatable bonds is 2. The van der Waals surface area contributed by atoms with Crippen molar-refractivity contribution in [2.45, 2.75) is 6.04 Å². The van der Waals surface area contributed by atoms with Crippen molar-refractivity contribution >= 4 is 11.6 Å². The first-order valence-electron chi connectivity index (χ1n) is 6.23. The summed E-state index contributed by atoms with van der Waals surface area (Å²) in [5.41, 5.74) is 6.49. The molecule has 1 aliphatic heterocycles. The molecule has 0 fully saturated rings. The van der Waals surface area contributed by atoms with E-state index in [1.54, 1.807) is 0 Å². The highest BCUT2D eigenvalue weighted by atomic mass is 19.1. The minimum atomic E-state index is -0.597. The zero-order valence-electron chi connectivity index (χ0n) is 10.6. The minimum absolute atomic E-state index is 0.134. The summed E-state index contributed by atoms with van der Waals surface area (Å²) in [5.74, 6) is -0.252. The Morgan fingerprint density at radius 1 is 1.25 bits per heavy atom. The predicted octanol–water partition coefficient (Wildman–Crippen LogP) is 2.27.